The molecule has 0 unspecified atom stereocenters. The van der Waals surface area contributed by atoms with Crippen LogP contribution < -0.4 is 10.2 Å². The number of piperazine rings is 1. The van der Waals surface area contributed by atoms with Crippen LogP contribution in [0.4, 0.5) is 5.69 Å². The predicted octanol–water partition coefficient (Wildman–Crippen LogP) is 1.68. The van der Waals surface area contributed by atoms with Gasteiger partial charge in [-0.25, -0.2) is 4.98 Å². The summed E-state index contributed by atoms with van der Waals surface area (Å²) in [6.07, 6.45) is 1.72. The largest absolute Gasteiger partial charge is 0.367 e. The van der Waals surface area contributed by atoms with Gasteiger partial charge in [0.2, 0.25) is 5.91 Å². The van der Waals surface area contributed by atoms with E-state index in [4.69, 9.17) is 0 Å². The van der Waals surface area contributed by atoms with Gasteiger partial charge in [0, 0.05) is 39.6 Å². The predicted molar refractivity (Wildman–Crippen MR) is 96.3 cm³/mol. The Hall–Kier alpha value is -2.89. The monoisotopic (exact) mass is 338 g/mol. The highest BCUT2D eigenvalue weighted by Crippen LogP contribution is 2.15. The van der Waals surface area contributed by atoms with Crippen molar-refractivity contribution < 1.29 is 9.59 Å². The molecule has 0 atom stereocenters. The lowest BCUT2D eigenvalue weighted by atomic mass is 10.2. The average Bonchev–Trinajstić information content (AvgIpc) is 2.67. The summed E-state index contributed by atoms with van der Waals surface area (Å²) >= 11 is 0. The number of anilines is 1. The summed E-state index contributed by atoms with van der Waals surface area (Å²) in [6, 6.07) is 13.4. The summed E-state index contributed by atoms with van der Waals surface area (Å²) < 4.78 is 0. The van der Waals surface area contributed by atoms with Gasteiger partial charge in [-0.2, -0.15) is 0 Å². The lowest BCUT2D eigenvalue weighted by molar-refractivity contribution is -0.129. The fourth-order valence-corrected chi connectivity index (χ4v) is 2.86. The van der Waals surface area contributed by atoms with E-state index in [0.717, 1.165) is 24.3 Å². The highest BCUT2D eigenvalue weighted by Gasteiger charge is 2.19. The molecule has 6 heteroatoms. The van der Waals surface area contributed by atoms with Crippen LogP contribution in [-0.4, -0.2) is 47.9 Å². The minimum atomic E-state index is -0.184. The van der Waals surface area contributed by atoms with Crippen LogP contribution in [0.2, 0.25) is 0 Å². The molecule has 1 aliphatic heterocycles. The van der Waals surface area contributed by atoms with Crippen molar-refractivity contribution in [2.24, 2.45) is 0 Å². The lowest BCUT2D eigenvalue weighted by Gasteiger charge is -2.35. The van der Waals surface area contributed by atoms with E-state index in [0.29, 0.717) is 25.3 Å². The molecule has 0 spiro atoms. The number of nitrogens with zero attached hydrogens (tertiary/aromatic N) is 3. The maximum Gasteiger partial charge on any atom is 0.270 e. The number of carbonyl (C=O) groups is 2. The first-order chi connectivity index (χ1) is 12.1. The van der Waals surface area contributed by atoms with Gasteiger partial charge in [0.1, 0.15) is 5.69 Å². The van der Waals surface area contributed by atoms with E-state index in [-0.39, 0.29) is 11.8 Å². The van der Waals surface area contributed by atoms with Crippen LogP contribution in [0.15, 0.2) is 48.7 Å². The van der Waals surface area contributed by atoms with E-state index in [2.05, 4.69) is 15.2 Å². The molecule has 130 valence electrons. The normalized spacial score (nSPS) is 14.3. The number of pyridine rings is 1. The molecular formula is C19H22N4O2. The lowest BCUT2D eigenvalue weighted by Crippen LogP contribution is -2.48. The topological polar surface area (TPSA) is 65.5 Å². The Morgan fingerprint density at radius 1 is 1.04 bits per heavy atom. The van der Waals surface area contributed by atoms with Crippen LogP contribution in [0.25, 0.3) is 0 Å². The van der Waals surface area contributed by atoms with Crippen molar-refractivity contribution in [3.63, 3.8) is 0 Å². The number of amides is 2. The third-order valence-corrected chi connectivity index (χ3v) is 4.37. The summed E-state index contributed by atoms with van der Waals surface area (Å²) in [6.45, 7) is 5.07. The number of rotatable bonds is 4. The molecule has 1 aromatic carbocycles. The van der Waals surface area contributed by atoms with E-state index in [9.17, 15) is 9.59 Å². The van der Waals surface area contributed by atoms with Gasteiger partial charge in [0.15, 0.2) is 0 Å². The Kier molecular flexibility index (Phi) is 5.28. The second-order valence-electron chi connectivity index (χ2n) is 6.06. The average molecular weight is 338 g/mol. The second-order valence-corrected chi connectivity index (χ2v) is 6.06. The van der Waals surface area contributed by atoms with E-state index >= 15 is 0 Å². The molecule has 1 fully saturated rings. The number of nitrogens with one attached hydrogen (secondary N) is 1. The van der Waals surface area contributed by atoms with Crippen molar-refractivity contribution in [1.82, 2.24) is 15.2 Å². The number of hydrogen-bond acceptors (Lipinski definition) is 4. The van der Waals surface area contributed by atoms with Gasteiger partial charge in [-0.1, -0.05) is 30.3 Å². The minimum absolute atomic E-state index is 0.114. The van der Waals surface area contributed by atoms with Crippen LogP contribution in [-0.2, 0) is 11.3 Å². The molecule has 1 aromatic heterocycles. The molecule has 6 nitrogen and oxygen atoms in total. The first kappa shape index (κ1) is 17.0. The second kappa shape index (κ2) is 7.79. The molecule has 0 bridgehead atoms. The maximum absolute atomic E-state index is 12.2. The first-order valence-corrected chi connectivity index (χ1v) is 8.42. The van der Waals surface area contributed by atoms with Gasteiger partial charge in [0.05, 0.1) is 11.9 Å². The highest BCUT2D eigenvalue weighted by atomic mass is 16.2. The smallest absolute Gasteiger partial charge is 0.270 e. The van der Waals surface area contributed by atoms with Crippen molar-refractivity contribution in [2.45, 2.75) is 13.5 Å². The van der Waals surface area contributed by atoms with Gasteiger partial charge in [-0.15, -0.1) is 0 Å². The number of carbonyl (C=O) groups excluding carboxylic acids is 2. The Balaban J connectivity index is 1.55. The Morgan fingerprint density at radius 2 is 1.76 bits per heavy atom. The summed E-state index contributed by atoms with van der Waals surface area (Å²) in [7, 11) is 0. The van der Waals surface area contributed by atoms with E-state index in [1.807, 2.05) is 41.3 Å². The van der Waals surface area contributed by atoms with Crippen molar-refractivity contribution in [1.29, 1.82) is 0 Å². The molecule has 1 N–H and O–H groups in total. The Morgan fingerprint density at radius 3 is 2.36 bits per heavy atom. The van der Waals surface area contributed by atoms with Crippen LogP contribution >= 0.6 is 0 Å². The molecule has 2 heterocycles. The van der Waals surface area contributed by atoms with Crippen molar-refractivity contribution >= 4 is 17.5 Å². The zero-order valence-corrected chi connectivity index (χ0v) is 14.3. The molecule has 2 aromatic rings. The van der Waals surface area contributed by atoms with Crippen LogP contribution in [0.5, 0.6) is 0 Å². The Labute approximate surface area is 147 Å². The molecule has 0 aliphatic carbocycles. The summed E-state index contributed by atoms with van der Waals surface area (Å²) in [5, 5.41) is 2.87. The van der Waals surface area contributed by atoms with Crippen molar-refractivity contribution in [2.75, 3.05) is 31.1 Å². The molecule has 1 aliphatic rings. The zero-order valence-electron chi connectivity index (χ0n) is 14.3. The van der Waals surface area contributed by atoms with Gasteiger partial charge < -0.3 is 15.1 Å². The standard InChI is InChI=1S/C19H22N4O2/c1-15(24)22-9-11-23(12-10-22)17-7-8-18(20-14-17)19(25)21-13-16-5-3-2-4-6-16/h2-8,14H,9-13H2,1H3,(H,21,25). The minimum Gasteiger partial charge on any atom is -0.367 e. The summed E-state index contributed by atoms with van der Waals surface area (Å²) in [4.78, 5) is 31.9. The van der Waals surface area contributed by atoms with E-state index in [1.165, 1.54) is 0 Å². The molecule has 25 heavy (non-hydrogen) atoms. The van der Waals surface area contributed by atoms with Crippen LogP contribution in [0.1, 0.15) is 23.0 Å². The van der Waals surface area contributed by atoms with Gasteiger partial charge in [-0.05, 0) is 17.7 Å². The summed E-state index contributed by atoms with van der Waals surface area (Å²) in [5.41, 5.74) is 2.43. The van der Waals surface area contributed by atoms with Gasteiger partial charge in [0.25, 0.3) is 5.91 Å². The van der Waals surface area contributed by atoms with Crippen molar-refractivity contribution in [3.8, 4) is 0 Å². The van der Waals surface area contributed by atoms with Crippen LogP contribution in [0.3, 0.4) is 0 Å². The molecule has 1 saturated heterocycles. The molecule has 0 saturated carbocycles. The molecular weight excluding hydrogens is 316 g/mol. The van der Waals surface area contributed by atoms with Gasteiger partial charge >= 0.3 is 0 Å². The van der Waals surface area contributed by atoms with E-state index in [1.54, 1.807) is 19.2 Å². The SMILES string of the molecule is CC(=O)N1CCN(c2ccc(C(=O)NCc3ccccc3)nc2)CC1. The van der Waals surface area contributed by atoms with Gasteiger partial charge in [-0.3, -0.25) is 9.59 Å². The maximum atomic E-state index is 12.2. The highest BCUT2D eigenvalue weighted by molar-refractivity contribution is 5.92. The molecule has 2 amide bonds. The quantitative estimate of drug-likeness (QED) is 0.921. The summed E-state index contributed by atoms with van der Waals surface area (Å²) in [5.74, 6) is -0.0694. The number of aromatic nitrogens is 1. The van der Waals surface area contributed by atoms with Crippen molar-refractivity contribution in [3.05, 3.63) is 59.9 Å². The zero-order chi connectivity index (χ0) is 17.6. The molecule has 0 radical (unpaired) electrons. The molecule has 3 rings (SSSR count). The third kappa shape index (κ3) is 4.35. The van der Waals surface area contributed by atoms with Crippen LogP contribution in [0, 0.1) is 0 Å². The number of benzene rings is 1. The Bertz CT molecular complexity index is 723. The third-order valence-electron chi connectivity index (χ3n) is 4.37. The fourth-order valence-electron chi connectivity index (χ4n) is 2.86. The fraction of sp³-hybridized carbons (Fsp3) is 0.316. The number of hydrogen-bond donors (Lipinski definition) is 1. The first-order valence-electron chi connectivity index (χ1n) is 8.42. The van der Waals surface area contributed by atoms with E-state index < -0.39 is 0 Å².